The Hall–Kier alpha value is -1.51. The first-order valence-electron chi connectivity index (χ1n) is 5.77. The van der Waals surface area contributed by atoms with E-state index in [1.54, 1.807) is 0 Å². The average Bonchev–Trinajstić information content (AvgIpc) is 2.36. The smallest absolute Gasteiger partial charge is 0.348 e. The van der Waals surface area contributed by atoms with E-state index in [2.05, 4.69) is 20.2 Å². The predicted octanol–water partition coefficient (Wildman–Crippen LogP) is 0.781. The Morgan fingerprint density at radius 3 is 3.16 bits per heavy atom. The van der Waals surface area contributed by atoms with Crippen molar-refractivity contribution in [3.05, 3.63) is 21.6 Å². The highest BCUT2D eigenvalue weighted by Gasteiger charge is 2.23. The van der Waals surface area contributed by atoms with Gasteiger partial charge in [0.25, 0.3) is 0 Å². The Labute approximate surface area is 114 Å². The minimum absolute atomic E-state index is 0.0351. The molecule has 0 aromatic carbocycles. The van der Waals surface area contributed by atoms with Gasteiger partial charge in [0, 0.05) is 19.6 Å². The van der Waals surface area contributed by atoms with Crippen molar-refractivity contribution in [1.82, 2.24) is 14.9 Å². The molecule has 1 aliphatic rings. The molecule has 0 bridgehead atoms. The molecule has 0 aliphatic carbocycles. The highest BCUT2D eigenvalue weighted by molar-refractivity contribution is 6.31. The number of morpholine rings is 1. The molecule has 1 saturated heterocycles. The van der Waals surface area contributed by atoms with Gasteiger partial charge in [0.15, 0.2) is 0 Å². The monoisotopic (exact) mass is 287 g/mol. The van der Waals surface area contributed by atoms with Gasteiger partial charge < -0.3 is 15.0 Å². The first-order chi connectivity index (χ1) is 9.08. The standard InChI is InChI=1S/C10H14ClN5O3/c1-15-2-3-19-7(5-15)4-12-10-8(16(17)18)9(11)13-6-14-10/h6-7H,2-5H2,1H3,(H,12,13,14). The summed E-state index contributed by atoms with van der Waals surface area (Å²) in [5, 5.41) is 13.6. The van der Waals surface area contributed by atoms with E-state index in [1.165, 1.54) is 6.33 Å². The summed E-state index contributed by atoms with van der Waals surface area (Å²) in [4.78, 5) is 19.9. The van der Waals surface area contributed by atoms with E-state index in [4.69, 9.17) is 16.3 Å². The average molecular weight is 288 g/mol. The summed E-state index contributed by atoms with van der Waals surface area (Å²) in [6, 6.07) is 0. The maximum atomic E-state index is 10.9. The lowest BCUT2D eigenvalue weighted by molar-refractivity contribution is -0.384. The normalized spacial score (nSPS) is 20.2. The molecule has 0 radical (unpaired) electrons. The maximum Gasteiger partial charge on any atom is 0.348 e. The van der Waals surface area contributed by atoms with Crippen molar-refractivity contribution < 1.29 is 9.66 Å². The molecule has 104 valence electrons. The molecule has 1 N–H and O–H groups in total. The fourth-order valence-electron chi connectivity index (χ4n) is 1.85. The van der Waals surface area contributed by atoms with Crippen LogP contribution >= 0.6 is 11.6 Å². The molecule has 2 heterocycles. The van der Waals surface area contributed by atoms with Crippen LogP contribution in [0.3, 0.4) is 0 Å². The van der Waals surface area contributed by atoms with Gasteiger partial charge in [-0.2, -0.15) is 0 Å². The topological polar surface area (TPSA) is 93.4 Å². The van der Waals surface area contributed by atoms with Crippen LogP contribution in [0.15, 0.2) is 6.33 Å². The van der Waals surface area contributed by atoms with E-state index in [9.17, 15) is 10.1 Å². The van der Waals surface area contributed by atoms with Gasteiger partial charge in [-0.25, -0.2) is 9.97 Å². The van der Waals surface area contributed by atoms with Crippen molar-refractivity contribution in [3.8, 4) is 0 Å². The lowest BCUT2D eigenvalue weighted by Gasteiger charge is -2.30. The SMILES string of the molecule is CN1CCOC(CNc2ncnc(Cl)c2[N+](=O)[O-])C1. The summed E-state index contributed by atoms with van der Waals surface area (Å²) < 4.78 is 5.55. The van der Waals surface area contributed by atoms with Crippen molar-refractivity contribution in [2.24, 2.45) is 0 Å². The fraction of sp³-hybridized carbons (Fsp3) is 0.600. The Morgan fingerprint density at radius 2 is 2.47 bits per heavy atom. The second kappa shape index (κ2) is 6.09. The first-order valence-corrected chi connectivity index (χ1v) is 6.14. The Morgan fingerprint density at radius 1 is 1.68 bits per heavy atom. The van der Waals surface area contributed by atoms with Gasteiger partial charge in [0.05, 0.1) is 17.6 Å². The Balaban J connectivity index is 2.03. The molecule has 8 nitrogen and oxygen atoms in total. The number of nitrogens with one attached hydrogen (secondary N) is 1. The Bertz CT molecular complexity index is 472. The molecule has 9 heteroatoms. The third-order valence-corrected chi connectivity index (χ3v) is 3.08. The summed E-state index contributed by atoms with van der Waals surface area (Å²) in [5.74, 6) is 0.113. The molecule has 1 aromatic rings. The zero-order valence-electron chi connectivity index (χ0n) is 10.4. The van der Waals surface area contributed by atoms with Crippen LogP contribution in [0.25, 0.3) is 0 Å². The molecule has 0 amide bonds. The van der Waals surface area contributed by atoms with E-state index < -0.39 is 4.92 Å². The van der Waals surface area contributed by atoms with E-state index >= 15 is 0 Å². The van der Waals surface area contributed by atoms with Crippen molar-refractivity contribution >= 4 is 23.1 Å². The summed E-state index contributed by atoms with van der Waals surface area (Å²) in [5.41, 5.74) is -0.312. The summed E-state index contributed by atoms with van der Waals surface area (Å²) >= 11 is 5.70. The number of ether oxygens (including phenoxy) is 1. The van der Waals surface area contributed by atoms with Crippen LogP contribution in [0, 0.1) is 10.1 Å². The van der Waals surface area contributed by atoms with Gasteiger partial charge in [-0.3, -0.25) is 10.1 Å². The summed E-state index contributed by atoms with van der Waals surface area (Å²) in [7, 11) is 2.00. The molecule has 1 aliphatic heterocycles. The number of nitrogens with zero attached hydrogens (tertiary/aromatic N) is 4. The lowest BCUT2D eigenvalue weighted by atomic mass is 10.3. The number of rotatable bonds is 4. The van der Waals surface area contributed by atoms with Crippen molar-refractivity contribution in [2.75, 3.05) is 38.6 Å². The van der Waals surface area contributed by atoms with E-state index in [0.717, 1.165) is 13.1 Å². The largest absolute Gasteiger partial charge is 0.374 e. The number of halogens is 1. The molecule has 2 rings (SSSR count). The summed E-state index contributed by atoms with van der Waals surface area (Å²) in [6.07, 6.45) is 1.15. The van der Waals surface area contributed by atoms with Crippen LogP contribution < -0.4 is 5.32 Å². The zero-order chi connectivity index (χ0) is 13.8. The molecule has 19 heavy (non-hydrogen) atoms. The fourth-order valence-corrected chi connectivity index (χ4v) is 2.05. The van der Waals surface area contributed by atoms with Gasteiger partial charge in [0.2, 0.25) is 11.0 Å². The van der Waals surface area contributed by atoms with Crippen LogP contribution in [0.5, 0.6) is 0 Å². The zero-order valence-corrected chi connectivity index (χ0v) is 11.1. The van der Waals surface area contributed by atoms with Crippen LogP contribution in [-0.2, 0) is 4.74 Å². The first kappa shape index (κ1) is 13.9. The van der Waals surface area contributed by atoms with Crippen LogP contribution in [-0.4, -0.2) is 59.2 Å². The quantitative estimate of drug-likeness (QED) is 0.497. The minimum Gasteiger partial charge on any atom is -0.374 e. The van der Waals surface area contributed by atoms with Crippen LogP contribution in [0.1, 0.15) is 0 Å². The third-order valence-electron chi connectivity index (χ3n) is 2.80. The van der Waals surface area contributed by atoms with Crippen molar-refractivity contribution in [3.63, 3.8) is 0 Å². The second-order valence-corrected chi connectivity index (χ2v) is 4.61. The predicted molar refractivity (Wildman–Crippen MR) is 69.4 cm³/mol. The van der Waals surface area contributed by atoms with E-state index in [-0.39, 0.29) is 22.8 Å². The van der Waals surface area contributed by atoms with Crippen molar-refractivity contribution in [2.45, 2.75) is 6.10 Å². The van der Waals surface area contributed by atoms with E-state index in [1.807, 2.05) is 7.05 Å². The third kappa shape index (κ3) is 3.49. The summed E-state index contributed by atoms with van der Waals surface area (Å²) in [6.45, 7) is 2.73. The van der Waals surface area contributed by atoms with Crippen LogP contribution in [0.2, 0.25) is 5.15 Å². The van der Waals surface area contributed by atoms with Crippen molar-refractivity contribution in [1.29, 1.82) is 0 Å². The molecule has 1 aromatic heterocycles. The van der Waals surface area contributed by atoms with Gasteiger partial charge in [-0.1, -0.05) is 11.6 Å². The molecule has 0 saturated carbocycles. The molecular weight excluding hydrogens is 274 g/mol. The van der Waals surface area contributed by atoms with Gasteiger partial charge in [0.1, 0.15) is 6.33 Å². The number of anilines is 1. The molecular formula is C10H14ClN5O3. The number of nitro groups is 1. The number of hydrogen-bond donors (Lipinski definition) is 1. The maximum absolute atomic E-state index is 10.9. The lowest BCUT2D eigenvalue weighted by Crippen LogP contribution is -2.43. The molecule has 1 fully saturated rings. The highest BCUT2D eigenvalue weighted by atomic mass is 35.5. The van der Waals surface area contributed by atoms with Crippen LogP contribution in [0.4, 0.5) is 11.5 Å². The van der Waals surface area contributed by atoms with Gasteiger partial charge >= 0.3 is 5.69 Å². The molecule has 1 unspecified atom stereocenters. The van der Waals surface area contributed by atoms with Gasteiger partial charge in [-0.05, 0) is 7.05 Å². The molecule has 0 spiro atoms. The number of likely N-dealkylation sites (N-methyl/N-ethyl adjacent to an activating group) is 1. The second-order valence-electron chi connectivity index (χ2n) is 4.25. The van der Waals surface area contributed by atoms with Gasteiger partial charge in [-0.15, -0.1) is 0 Å². The number of aromatic nitrogens is 2. The Kier molecular flexibility index (Phi) is 4.46. The minimum atomic E-state index is -0.599. The number of hydrogen-bond acceptors (Lipinski definition) is 7. The highest BCUT2D eigenvalue weighted by Crippen LogP contribution is 2.28. The van der Waals surface area contributed by atoms with E-state index in [0.29, 0.717) is 13.2 Å². The molecule has 1 atom stereocenters.